The van der Waals surface area contributed by atoms with Gasteiger partial charge in [-0.05, 0) is 69.5 Å². The van der Waals surface area contributed by atoms with Crippen LogP contribution in [0.1, 0.15) is 42.1 Å². The summed E-state index contributed by atoms with van der Waals surface area (Å²) < 4.78 is 21.0. The summed E-state index contributed by atoms with van der Waals surface area (Å²) in [5.41, 5.74) is 4.20. The van der Waals surface area contributed by atoms with Gasteiger partial charge in [-0.1, -0.05) is 12.1 Å². The number of amides is 1. The Labute approximate surface area is 212 Å². The number of aliphatic hydroxyl groups is 1. The number of imidazole rings is 1. The van der Waals surface area contributed by atoms with E-state index in [0.29, 0.717) is 41.2 Å². The van der Waals surface area contributed by atoms with Crippen LogP contribution in [0.25, 0.3) is 28.2 Å². The molecule has 0 saturated carbocycles. The highest BCUT2D eigenvalue weighted by atomic mass is 19.1. The summed E-state index contributed by atoms with van der Waals surface area (Å²) in [5, 5.41) is 13.0. The highest BCUT2D eigenvalue weighted by molar-refractivity contribution is 6.05. The first-order valence-electron chi connectivity index (χ1n) is 11.8. The number of benzene rings is 1. The second kappa shape index (κ2) is 9.59. The fourth-order valence-electron chi connectivity index (χ4n) is 3.98. The first-order chi connectivity index (χ1) is 17.6. The summed E-state index contributed by atoms with van der Waals surface area (Å²) in [6.45, 7) is 5.38. The van der Waals surface area contributed by atoms with Gasteiger partial charge >= 0.3 is 0 Å². The zero-order chi connectivity index (χ0) is 26.2. The Balaban J connectivity index is 1.48. The quantitative estimate of drug-likeness (QED) is 0.308. The van der Waals surface area contributed by atoms with Gasteiger partial charge in [0, 0.05) is 35.4 Å². The molecule has 0 bridgehead atoms. The number of nitrogens with zero attached hydrogens (tertiary/aromatic N) is 4. The molecule has 0 aliphatic carbocycles. The normalized spacial score (nSPS) is 11.7. The average molecular weight is 500 g/mol. The maximum atomic E-state index is 13.6. The van der Waals surface area contributed by atoms with Crippen molar-refractivity contribution in [1.29, 1.82) is 0 Å². The zero-order valence-corrected chi connectivity index (χ0v) is 20.7. The van der Waals surface area contributed by atoms with E-state index >= 15 is 0 Å². The molecule has 2 N–H and O–H groups in total. The predicted octanol–water partition coefficient (Wildman–Crippen LogP) is 5.45. The lowest BCUT2D eigenvalue weighted by Crippen LogP contribution is -2.19. The van der Waals surface area contributed by atoms with Gasteiger partial charge in [-0.25, -0.2) is 14.4 Å². The van der Waals surface area contributed by atoms with Crippen molar-refractivity contribution >= 4 is 17.2 Å². The van der Waals surface area contributed by atoms with Gasteiger partial charge in [0.15, 0.2) is 5.69 Å². The maximum Gasteiger partial charge on any atom is 0.277 e. The van der Waals surface area contributed by atoms with Crippen molar-refractivity contribution in [3.63, 3.8) is 0 Å². The van der Waals surface area contributed by atoms with E-state index in [-0.39, 0.29) is 11.5 Å². The number of hydrogen-bond acceptors (Lipinski definition) is 6. The van der Waals surface area contributed by atoms with Crippen molar-refractivity contribution in [2.75, 3.05) is 5.32 Å². The van der Waals surface area contributed by atoms with Gasteiger partial charge < -0.3 is 19.2 Å². The molecule has 1 aromatic carbocycles. The summed E-state index contributed by atoms with van der Waals surface area (Å²) in [7, 11) is 0. The van der Waals surface area contributed by atoms with Crippen LogP contribution in [0.3, 0.4) is 0 Å². The molecule has 5 rings (SSSR count). The smallest absolute Gasteiger partial charge is 0.277 e. The second-order valence-electron chi connectivity index (χ2n) is 9.60. The molecule has 0 unspecified atom stereocenters. The van der Waals surface area contributed by atoms with E-state index in [1.165, 1.54) is 18.4 Å². The number of halogens is 1. The lowest BCUT2D eigenvalue weighted by molar-refractivity contribution is 0.0711. The summed E-state index contributed by atoms with van der Waals surface area (Å²) in [6, 6.07) is 11.4. The number of nitrogens with one attached hydrogen (secondary N) is 1. The maximum absolute atomic E-state index is 13.6. The second-order valence-corrected chi connectivity index (χ2v) is 9.60. The Hall–Kier alpha value is -4.37. The third-order valence-electron chi connectivity index (χ3n) is 5.92. The topological polar surface area (TPSA) is 106 Å². The molecule has 4 aromatic heterocycles. The average Bonchev–Trinajstić information content (AvgIpc) is 3.50. The highest BCUT2D eigenvalue weighted by Crippen LogP contribution is 2.31. The van der Waals surface area contributed by atoms with Crippen LogP contribution in [0.5, 0.6) is 0 Å². The van der Waals surface area contributed by atoms with E-state index in [2.05, 4.69) is 20.3 Å². The Morgan fingerprint density at radius 3 is 2.62 bits per heavy atom. The van der Waals surface area contributed by atoms with Crippen LogP contribution in [-0.4, -0.2) is 36.0 Å². The molecular weight excluding hydrogens is 473 g/mol. The van der Waals surface area contributed by atoms with Crippen LogP contribution in [-0.2, 0) is 6.42 Å². The molecule has 9 heteroatoms. The number of aryl methyl sites for hydroxylation is 2. The number of hydrogen-bond donors (Lipinski definition) is 2. The van der Waals surface area contributed by atoms with Crippen LogP contribution in [0.15, 0.2) is 71.7 Å². The number of aromatic nitrogens is 4. The Morgan fingerprint density at radius 1 is 1.11 bits per heavy atom. The minimum atomic E-state index is -0.806. The Morgan fingerprint density at radius 2 is 1.89 bits per heavy atom. The van der Waals surface area contributed by atoms with Gasteiger partial charge in [0.2, 0.25) is 5.89 Å². The number of carbonyl (C=O) groups excluding carboxylic acids is 1. The fraction of sp³-hybridized carbons (Fsp3) is 0.214. The molecule has 8 nitrogen and oxygen atoms in total. The molecule has 188 valence electrons. The lowest BCUT2D eigenvalue weighted by Gasteiger charge is -2.15. The fourth-order valence-corrected chi connectivity index (χ4v) is 3.98. The minimum absolute atomic E-state index is 0.117. The number of anilines is 1. The molecule has 0 fully saturated rings. The standard InChI is InChI=1S/C28H26FN5O3/c1-17-12-19(9-11-30-17)27-33-24(16-37-27)26(35)32-23-15-34-14-21(8-10-28(2,3)36)31-25(34)13-22(23)18-4-6-20(29)7-5-18/h4-7,9,11-16,36H,8,10H2,1-3H3,(H,32,35). The number of rotatable bonds is 7. The molecular formula is C28H26FN5O3. The lowest BCUT2D eigenvalue weighted by atomic mass is 10.0. The van der Waals surface area contributed by atoms with Gasteiger partial charge in [-0.2, -0.15) is 0 Å². The zero-order valence-electron chi connectivity index (χ0n) is 20.7. The van der Waals surface area contributed by atoms with Gasteiger partial charge in [0.05, 0.1) is 17.0 Å². The molecule has 0 atom stereocenters. The first-order valence-corrected chi connectivity index (χ1v) is 11.8. The highest BCUT2D eigenvalue weighted by Gasteiger charge is 2.18. The number of oxazole rings is 1. The van der Waals surface area contributed by atoms with Crippen LogP contribution >= 0.6 is 0 Å². The van der Waals surface area contributed by atoms with Gasteiger partial charge in [-0.3, -0.25) is 9.78 Å². The number of pyridine rings is 2. The largest absolute Gasteiger partial charge is 0.444 e. The molecule has 1 amide bonds. The summed E-state index contributed by atoms with van der Waals surface area (Å²) >= 11 is 0. The minimum Gasteiger partial charge on any atom is -0.444 e. The Kier molecular flexibility index (Phi) is 6.31. The molecule has 5 aromatic rings. The monoisotopic (exact) mass is 499 g/mol. The summed E-state index contributed by atoms with van der Waals surface area (Å²) in [5.74, 6) is -0.492. The van der Waals surface area contributed by atoms with E-state index in [1.807, 2.05) is 29.7 Å². The first kappa shape index (κ1) is 24.3. The van der Waals surface area contributed by atoms with E-state index in [9.17, 15) is 14.3 Å². The van der Waals surface area contributed by atoms with Gasteiger partial charge in [0.1, 0.15) is 17.7 Å². The predicted molar refractivity (Wildman–Crippen MR) is 138 cm³/mol. The molecule has 0 saturated heterocycles. The van der Waals surface area contributed by atoms with E-state index in [0.717, 1.165) is 17.0 Å². The molecule has 0 spiro atoms. The van der Waals surface area contributed by atoms with Crippen LogP contribution in [0.4, 0.5) is 10.1 Å². The van der Waals surface area contributed by atoms with Crippen molar-refractivity contribution in [2.45, 2.75) is 39.2 Å². The van der Waals surface area contributed by atoms with Gasteiger partial charge in [0.25, 0.3) is 5.91 Å². The van der Waals surface area contributed by atoms with Crippen LogP contribution in [0, 0.1) is 12.7 Å². The molecule has 0 aliphatic rings. The van der Waals surface area contributed by atoms with Crippen molar-refractivity contribution < 1.29 is 18.7 Å². The third-order valence-corrected chi connectivity index (χ3v) is 5.92. The number of carbonyl (C=O) groups is 1. The van der Waals surface area contributed by atoms with Crippen LogP contribution < -0.4 is 5.32 Å². The van der Waals surface area contributed by atoms with Gasteiger partial charge in [-0.15, -0.1) is 0 Å². The summed E-state index contributed by atoms with van der Waals surface area (Å²) in [6.07, 6.45) is 7.73. The number of fused-ring (bicyclic) bond motifs is 1. The summed E-state index contributed by atoms with van der Waals surface area (Å²) in [4.78, 5) is 26.3. The molecule has 37 heavy (non-hydrogen) atoms. The van der Waals surface area contributed by atoms with E-state index in [4.69, 9.17) is 4.42 Å². The SMILES string of the molecule is Cc1cc(-c2nc(C(=O)Nc3cn4cc(CCC(C)(C)O)nc4cc3-c3ccc(F)cc3)co2)ccn1. The van der Waals surface area contributed by atoms with Crippen molar-refractivity contribution in [3.05, 3.63) is 90.2 Å². The van der Waals surface area contributed by atoms with Crippen molar-refractivity contribution in [2.24, 2.45) is 0 Å². The molecule has 4 heterocycles. The van der Waals surface area contributed by atoms with E-state index in [1.54, 1.807) is 44.4 Å². The molecule has 0 radical (unpaired) electrons. The molecule has 0 aliphatic heterocycles. The third kappa shape index (κ3) is 5.57. The van der Waals surface area contributed by atoms with E-state index < -0.39 is 11.5 Å². The Bertz CT molecular complexity index is 1580. The van der Waals surface area contributed by atoms with Crippen molar-refractivity contribution in [1.82, 2.24) is 19.4 Å². The van der Waals surface area contributed by atoms with Crippen molar-refractivity contribution in [3.8, 4) is 22.6 Å². The van der Waals surface area contributed by atoms with Crippen LogP contribution in [0.2, 0.25) is 0 Å².